The summed E-state index contributed by atoms with van der Waals surface area (Å²) < 4.78 is 5.13. The Kier molecular flexibility index (Phi) is 5.87. The summed E-state index contributed by atoms with van der Waals surface area (Å²) in [7, 11) is 0. The normalized spacial score (nSPS) is 17.0. The maximum atomic E-state index is 12.7. The number of amides is 2. The number of likely N-dealkylation sites (tertiary alicyclic amines) is 1. The van der Waals surface area contributed by atoms with Crippen molar-refractivity contribution in [1.29, 1.82) is 0 Å². The van der Waals surface area contributed by atoms with E-state index in [1.807, 2.05) is 19.1 Å². The fourth-order valence-electron chi connectivity index (χ4n) is 3.52. The molecule has 1 aliphatic rings. The molecular formula is C22H29N3O3. The van der Waals surface area contributed by atoms with E-state index >= 15 is 0 Å². The van der Waals surface area contributed by atoms with Crippen LogP contribution in [0.5, 0.6) is 0 Å². The highest BCUT2D eigenvalue weighted by molar-refractivity contribution is 5.88. The second-order valence-corrected chi connectivity index (χ2v) is 8.52. The molecule has 0 spiro atoms. The van der Waals surface area contributed by atoms with Gasteiger partial charge in [-0.15, -0.1) is 0 Å². The van der Waals surface area contributed by atoms with Gasteiger partial charge in [0, 0.05) is 19.2 Å². The maximum absolute atomic E-state index is 12.7. The Balaban J connectivity index is 1.56. The average molecular weight is 383 g/mol. The van der Waals surface area contributed by atoms with Crippen LogP contribution in [0.3, 0.4) is 0 Å². The first-order valence-electron chi connectivity index (χ1n) is 9.83. The summed E-state index contributed by atoms with van der Waals surface area (Å²) in [5.41, 5.74) is 3.16. The van der Waals surface area contributed by atoms with Gasteiger partial charge < -0.3 is 14.7 Å². The Labute approximate surface area is 166 Å². The van der Waals surface area contributed by atoms with Crippen LogP contribution in [0.1, 0.15) is 56.2 Å². The number of hydrogen-bond donors (Lipinski definition) is 1. The maximum Gasteiger partial charge on any atom is 0.243 e. The zero-order valence-electron chi connectivity index (χ0n) is 17.1. The van der Waals surface area contributed by atoms with Gasteiger partial charge in [0.05, 0.1) is 12.1 Å². The predicted octanol–water partition coefficient (Wildman–Crippen LogP) is 3.13. The molecule has 150 valence electrons. The molecule has 0 aliphatic carbocycles. The lowest BCUT2D eigenvalue weighted by Crippen LogP contribution is -2.46. The van der Waals surface area contributed by atoms with Crippen LogP contribution in [0.4, 0.5) is 0 Å². The summed E-state index contributed by atoms with van der Waals surface area (Å²) in [6.07, 6.45) is 1.66. The Morgan fingerprint density at radius 3 is 2.57 bits per heavy atom. The van der Waals surface area contributed by atoms with Gasteiger partial charge in [-0.2, -0.15) is 0 Å². The van der Waals surface area contributed by atoms with Gasteiger partial charge in [-0.1, -0.05) is 50.2 Å². The van der Waals surface area contributed by atoms with Gasteiger partial charge in [0.25, 0.3) is 0 Å². The molecule has 1 aromatic heterocycles. The molecule has 1 aromatic carbocycles. The van der Waals surface area contributed by atoms with E-state index in [1.165, 1.54) is 5.56 Å². The van der Waals surface area contributed by atoms with Crippen molar-refractivity contribution < 1.29 is 14.1 Å². The van der Waals surface area contributed by atoms with E-state index in [9.17, 15) is 9.59 Å². The van der Waals surface area contributed by atoms with Gasteiger partial charge in [0.1, 0.15) is 11.8 Å². The number of aromatic nitrogens is 1. The molecule has 1 N–H and O–H groups in total. The van der Waals surface area contributed by atoms with Gasteiger partial charge in [0.15, 0.2) is 0 Å². The van der Waals surface area contributed by atoms with Gasteiger partial charge in [0.2, 0.25) is 11.8 Å². The SMILES string of the molecule is Cc1cc(CC(=O)N2CCCC2C(=O)NCc2ccc(C(C)(C)C)cc2)on1. The molecule has 1 fully saturated rings. The monoisotopic (exact) mass is 383 g/mol. The lowest BCUT2D eigenvalue weighted by molar-refractivity contribution is -0.138. The third kappa shape index (κ3) is 4.80. The van der Waals surface area contributed by atoms with E-state index < -0.39 is 6.04 Å². The van der Waals surface area contributed by atoms with E-state index in [0.29, 0.717) is 25.3 Å². The van der Waals surface area contributed by atoms with Crippen molar-refractivity contribution in [2.75, 3.05) is 6.54 Å². The van der Waals surface area contributed by atoms with Crippen molar-refractivity contribution in [2.24, 2.45) is 0 Å². The van der Waals surface area contributed by atoms with Crippen LogP contribution in [0.15, 0.2) is 34.9 Å². The third-order valence-electron chi connectivity index (χ3n) is 5.16. The lowest BCUT2D eigenvalue weighted by Gasteiger charge is -2.24. The predicted molar refractivity (Wildman–Crippen MR) is 107 cm³/mol. The van der Waals surface area contributed by atoms with E-state index in [1.54, 1.807) is 11.0 Å². The molecule has 0 saturated carbocycles. The fraction of sp³-hybridized carbons (Fsp3) is 0.500. The number of nitrogens with zero attached hydrogens (tertiary/aromatic N) is 2. The zero-order chi connectivity index (χ0) is 20.3. The molecule has 0 bridgehead atoms. The Morgan fingerprint density at radius 2 is 1.96 bits per heavy atom. The van der Waals surface area contributed by atoms with Crippen molar-refractivity contribution in [3.05, 3.63) is 52.9 Å². The van der Waals surface area contributed by atoms with Crippen LogP contribution in [-0.4, -0.2) is 34.5 Å². The number of benzene rings is 1. The zero-order valence-corrected chi connectivity index (χ0v) is 17.1. The number of hydrogen-bond acceptors (Lipinski definition) is 4. The van der Waals surface area contributed by atoms with Crippen LogP contribution >= 0.6 is 0 Å². The van der Waals surface area contributed by atoms with Crippen LogP contribution in [0.2, 0.25) is 0 Å². The van der Waals surface area contributed by atoms with Crippen molar-refractivity contribution in [3.8, 4) is 0 Å². The van der Waals surface area contributed by atoms with Crippen molar-refractivity contribution in [2.45, 2.75) is 65.0 Å². The lowest BCUT2D eigenvalue weighted by atomic mass is 9.87. The van der Waals surface area contributed by atoms with Gasteiger partial charge >= 0.3 is 0 Å². The van der Waals surface area contributed by atoms with Crippen molar-refractivity contribution in [3.63, 3.8) is 0 Å². The van der Waals surface area contributed by atoms with E-state index in [2.05, 4.69) is 43.4 Å². The van der Waals surface area contributed by atoms with Crippen LogP contribution in [0.25, 0.3) is 0 Å². The Bertz CT molecular complexity index is 833. The Morgan fingerprint density at radius 1 is 1.25 bits per heavy atom. The molecule has 0 radical (unpaired) electrons. The second kappa shape index (κ2) is 8.17. The summed E-state index contributed by atoms with van der Waals surface area (Å²) in [5, 5.41) is 6.79. The summed E-state index contributed by atoms with van der Waals surface area (Å²) in [6.45, 7) is 9.41. The average Bonchev–Trinajstić information content (AvgIpc) is 3.28. The highest BCUT2D eigenvalue weighted by Gasteiger charge is 2.34. The van der Waals surface area contributed by atoms with Gasteiger partial charge in [-0.3, -0.25) is 9.59 Å². The molecule has 1 saturated heterocycles. The molecule has 2 heterocycles. The van der Waals surface area contributed by atoms with E-state index in [0.717, 1.165) is 17.7 Å². The van der Waals surface area contributed by atoms with Crippen LogP contribution in [0, 0.1) is 6.92 Å². The molecule has 6 nitrogen and oxygen atoms in total. The number of aryl methyl sites for hydroxylation is 1. The summed E-state index contributed by atoms with van der Waals surface area (Å²) in [6, 6.07) is 9.64. The molecule has 1 unspecified atom stereocenters. The van der Waals surface area contributed by atoms with Crippen LogP contribution in [-0.2, 0) is 28.0 Å². The summed E-state index contributed by atoms with van der Waals surface area (Å²) in [5.74, 6) is 0.343. The molecule has 2 amide bonds. The number of rotatable bonds is 5. The van der Waals surface area contributed by atoms with Crippen LogP contribution < -0.4 is 5.32 Å². The first kappa shape index (κ1) is 20.1. The number of carbonyl (C=O) groups is 2. The number of carbonyl (C=O) groups excluding carboxylic acids is 2. The van der Waals surface area contributed by atoms with E-state index in [4.69, 9.17) is 4.52 Å². The summed E-state index contributed by atoms with van der Waals surface area (Å²) in [4.78, 5) is 26.9. The highest BCUT2D eigenvalue weighted by atomic mass is 16.5. The minimum atomic E-state index is -0.412. The summed E-state index contributed by atoms with van der Waals surface area (Å²) >= 11 is 0. The Hall–Kier alpha value is -2.63. The van der Waals surface area contributed by atoms with Gasteiger partial charge in [-0.05, 0) is 36.3 Å². The minimum Gasteiger partial charge on any atom is -0.361 e. The quantitative estimate of drug-likeness (QED) is 0.861. The van der Waals surface area contributed by atoms with Gasteiger partial charge in [-0.25, -0.2) is 0 Å². The first-order chi connectivity index (χ1) is 13.2. The van der Waals surface area contributed by atoms with Crippen molar-refractivity contribution in [1.82, 2.24) is 15.4 Å². The van der Waals surface area contributed by atoms with E-state index in [-0.39, 0.29) is 23.7 Å². The molecule has 3 rings (SSSR count). The number of nitrogens with one attached hydrogen (secondary N) is 1. The minimum absolute atomic E-state index is 0.0941. The second-order valence-electron chi connectivity index (χ2n) is 8.52. The molecule has 6 heteroatoms. The molecule has 1 aliphatic heterocycles. The third-order valence-corrected chi connectivity index (χ3v) is 5.16. The standard InChI is InChI=1S/C22H29N3O3/c1-15-12-18(28-24-15)13-20(26)25-11-5-6-19(25)21(27)23-14-16-7-9-17(10-8-16)22(2,3)4/h7-10,12,19H,5-6,11,13-14H2,1-4H3,(H,23,27). The smallest absolute Gasteiger partial charge is 0.243 e. The van der Waals surface area contributed by atoms with Crippen molar-refractivity contribution >= 4 is 11.8 Å². The topological polar surface area (TPSA) is 75.4 Å². The fourth-order valence-corrected chi connectivity index (χ4v) is 3.52. The molecular weight excluding hydrogens is 354 g/mol. The molecule has 1 atom stereocenters. The highest BCUT2D eigenvalue weighted by Crippen LogP contribution is 2.22. The first-order valence-corrected chi connectivity index (χ1v) is 9.83. The molecule has 2 aromatic rings. The molecule has 28 heavy (non-hydrogen) atoms. The largest absolute Gasteiger partial charge is 0.361 e.